The number of aliphatic hydroxyl groups is 1. The third kappa shape index (κ3) is 12.6. The Bertz CT molecular complexity index is 737. The number of hydrogen-bond donors (Lipinski definition) is 2. The van der Waals surface area contributed by atoms with Crippen LogP contribution in [0.15, 0.2) is 18.2 Å². The van der Waals surface area contributed by atoms with E-state index in [1.165, 1.54) is 11.3 Å². The van der Waals surface area contributed by atoms with E-state index in [4.69, 9.17) is 44.0 Å². The van der Waals surface area contributed by atoms with E-state index in [1.807, 2.05) is 6.07 Å². The standard InChI is InChI=1S/C28H50N2O8/c1-24-22-25-23-26(29)4-5-27(25)30(28(24,2)3)6-8-32-10-12-34-14-16-36-18-20-38-21-19-37-17-15-35-13-11-33-9-7-31/h4-5,23-24,31H,6-22,29H2,1-3H3. The molecule has 0 radical (unpaired) electrons. The van der Waals surface area contributed by atoms with Gasteiger partial charge in [-0.3, -0.25) is 0 Å². The Morgan fingerprint density at radius 3 is 1.61 bits per heavy atom. The van der Waals surface area contributed by atoms with E-state index in [1.54, 1.807) is 0 Å². The maximum atomic E-state index is 8.58. The molecule has 1 atom stereocenters. The van der Waals surface area contributed by atoms with Gasteiger partial charge in [0.2, 0.25) is 0 Å². The van der Waals surface area contributed by atoms with Crippen LogP contribution in [0.25, 0.3) is 0 Å². The lowest BCUT2D eigenvalue weighted by Gasteiger charge is -2.49. The molecule has 1 aliphatic heterocycles. The van der Waals surface area contributed by atoms with Crippen LogP contribution in [0.2, 0.25) is 0 Å². The van der Waals surface area contributed by atoms with Crippen LogP contribution in [0, 0.1) is 5.92 Å². The lowest BCUT2D eigenvalue weighted by atomic mass is 9.78. The van der Waals surface area contributed by atoms with Gasteiger partial charge in [-0.05, 0) is 49.9 Å². The van der Waals surface area contributed by atoms with Crippen molar-refractivity contribution in [2.75, 3.05) is 116 Å². The van der Waals surface area contributed by atoms with Gasteiger partial charge in [0.25, 0.3) is 0 Å². The molecule has 1 aromatic carbocycles. The molecule has 0 aromatic heterocycles. The molecule has 0 spiro atoms. The number of nitrogen functional groups attached to an aromatic ring is 1. The number of hydrogen-bond acceptors (Lipinski definition) is 10. The fourth-order valence-corrected chi connectivity index (χ4v) is 4.24. The van der Waals surface area contributed by atoms with E-state index >= 15 is 0 Å². The quantitative estimate of drug-likeness (QED) is 0.157. The van der Waals surface area contributed by atoms with E-state index in [0.717, 1.165) is 18.7 Å². The van der Waals surface area contributed by atoms with E-state index in [-0.39, 0.29) is 12.1 Å². The van der Waals surface area contributed by atoms with Crippen LogP contribution in [0.5, 0.6) is 0 Å². The molecule has 0 aliphatic carbocycles. The van der Waals surface area contributed by atoms with Crippen molar-refractivity contribution in [3.8, 4) is 0 Å². The van der Waals surface area contributed by atoms with Crippen molar-refractivity contribution in [2.24, 2.45) is 5.92 Å². The number of nitrogens with zero attached hydrogens (tertiary/aromatic N) is 1. The predicted octanol–water partition coefficient (Wildman–Crippen LogP) is 2.15. The van der Waals surface area contributed by atoms with Crippen LogP contribution in [0.4, 0.5) is 11.4 Å². The molecule has 220 valence electrons. The van der Waals surface area contributed by atoms with Crippen LogP contribution in [-0.4, -0.2) is 116 Å². The normalized spacial score (nSPS) is 16.6. The summed E-state index contributed by atoms with van der Waals surface area (Å²) in [5, 5.41) is 8.58. The van der Waals surface area contributed by atoms with Crippen LogP contribution in [0.3, 0.4) is 0 Å². The number of anilines is 2. The minimum atomic E-state index is 0.0308. The molecule has 3 N–H and O–H groups in total. The highest BCUT2D eigenvalue weighted by atomic mass is 16.6. The fraction of sp³-hybridized carbons (Fsp3) is 0.786. The third-order valence-electron chi connectivity index (χ3n) is 6.75. The smallest absolute Gasteiger partial charge is 0.0701 e. The molecule has 0 amide bonds. The first-order valence-corrected chi connectivity index (χ1v) is 13.8. The lowest BCUT2D eigenvalue weighted by Crippen LogP contribution is -2.53. The highest BCUT2D eigenvalue weighted by molar-refractivity contribution is 5.63. The molecule has 38 heavy (non-hydrogen) atoms. The Morgan fingerprint density at radius 1 is 0.737 bits per heavy atom. The maximum Gasteiger partial charge on any atom is 0.0701 e. The van der Waals surface area contributed by atoms with Gasteiger partial charge in [-0.25, -0.2) is 0 Å². The molecule has 0 fully saturated rings. The maximum absolute atomic E-state index is 8.58. The van der Waals surface area contributed by atoms with Crippen molar-refractivity contribution in [3.05, 3.63) is 23.8 Å². The first-order chi connectivity index (χ1) is 18.5. The molecule has 0 bridgehead atoms. The minimum absolute atomic E-state index is 0.0308. The van der Waals surface area contributed by atoms with Crippen LogP contribution in [-0.2, 0) is 39.6 Å². The summed E-state index contributed by atoms with van der Waals surface area (Å²) in [4.78, 5) is 2.45. The molecule has 1 heterocycles. The van der Waals surface area contributed by atoms with Gasteiger partial charge in [0.05, 0.1) is 99.1 Å². The predicted molar refractivity (Wildman–Crippen MR) is 148 cm³/mol. The summed E-state index contributed by atoms with van der Waals surface area (Å²) in [5.74, 6) is 0.527. The Balaban J connectivity index is 1.37. The lowest BCUT2D eigenvalue weighted by molar-refractivity contribution is -0.0213. The topological polar surface area (TPSA) is 114 Å². The molecule has 1 unspecified atom stereocenters. The van der Waals surface area contributed by atoms with Crippen molar-refractivity contribution < 1.29 is 38.3 Å². The van der Waals surface area contributed by atoms with Crippen LogP contribution in [0.1, 0.15) is 26.3 Å². The fourth-order valence-electron chi connectivity index (χ4n) is 4.24. The summed E-state index contributed by atoms with van der Waals surface area (Å²) in [6.07, 6.45) is 1.04. The summed E-state index contributed by atoms with van der Waals surface area (Å²) in [6, 6.07) is 6.22. The number of benzene rings is 1. The molecule has 1 aliphatic rings. The van der Waals surface area contributed by atoms with E-state index < -0.39 is 0 Å². The second-order valence-electron chi connectivity index (χ2n) is 9.81. The molecule has 1 aromatic rings. The molecule has 10 heteroatoms. The van der Waals surface area contributed by atoms with Crippen molar-refractivity contribution in [1.29, 1.82) is 0 Å². The van der Waals surface area contributed by atoms with Gasteiger partial charge in [0, 0.05) is 23.5 Å². The first kappa shape index (κ1) is 32.7. The van der Waals surface area contributed by atoms with Gasteiger partial charge < -0.3 is 48.9 Å². The van der Waals surface area contributed by atoms with Crippen molar-refractivity contribution in [2.45, 2.75) is 32.7 Å². The Morgan fingerprint density at radius 2 is 1.16 bits per heavy atom. The Kier molecular flexibility index (Phi) is 16.8. The number of aliphatic hydroxyl groups excluding tert-OH is 1. The summed E-state index contributed by atoms with van der Waals surface area (Å²) < 4.78 is 38.3. The average molecular weight is 543 g/mol. The first-order valence-electron chi connectivity index (χ1n) is 13.8. The largest absolute Gasteiger partial charge is 0.399 e. The van der Waals surface area contributed by atoms with Gasteiger partial charge in [0.15, 0.2) is 0 Å². The van der Waals surface area contributed by atoms with E-state index in [0.29, 0.717) is 98.4 Å². The highest BCUT2D eigenvalue weighted by Gasteiger charge is 2.38. The van der Waals surface area contributed by atoms with Gasteiger partial charge in [0.1, 0.15) is 0 Å². The number of fused-ring (bicyclic) bond motifs is 1. The van der Waals surface area contributed by atoms with Crippen LogP contribution >= 0.6 is 0 Å². The average Bonchev–Trinajstić information content (AvgIpc) is 2.89. The number of ether oxygens (including phenoxy) is 7. The van der Waals surface area contributed by atoms with E-state index in [9.17, 15) is 0 Å². The van der Waals surface area contributed by atoms with E-state index in [2.05, 4.69) is 37.8 Å². The summed E-state index contributed by atoms with van der Waals surface area (Å²) in [5.41, 5.74) is 9.47. The Labute approximate surface area is 228 Å². The zero-order valence-electron chi connectivity index (χ0n) is 23.7. The molecule has 0 saturated carbocycles. The van der Waals surface area contributed by atoms with Gasteiger partial charge >= 0.3 is 0 Å². The Hall–Kier alpha value is -1.50. The summed E-state index contributed by atoms with van der Waals surface area (Å²) in [7, 11) is 0. The van der Waals surface area contributed by atoms with Gasteiger partial charge in [-0.1, -0.05) is 6.92 Å². The molecular formula is C28H50N2O8. The summed E-state index contributed by atoms with van der Waals surface area (Å²) in [6.45, 7) is 15.0. The SMILES string of the molecule is CC1Cc2cc(N)ccc2N(CCOCCOCCOCCOCCOCCOCCOCCO)C1(C)C. The summed E-state index contributed by atoms with van der Waals surface area (Å²) >= 11 is 0. The van der Waals surface area contributed by atoms with Gasteiger partial charge in [-0.2, -0.15) is 0 Å². The number of nitrogens with two attached hydrogens (primary N) is 1. The zero-order valence-corrected chi connectivity index (χ0v) is 23.7. The van der Waals surface area contributed by atoms with Gasteiger partial charge in [-0.15, -0.1) is 0 Å². The number of rotatable bonds is 23. The zero-order chi connectivity index (χ0) is 27.5. The second kappa shape index (κ2) is 19.5. The minimum Gasteiger partial charge on any atom is -0.399 e. The molecule has 10 nitrogen and oxygen atoms in total. The van der Waals surface area contributed by atoms with Crippen molar-refractivity contribution in [1.82, 2.24) is 0 Å². The molecular weight excluding hydrogens is 492 g/mol. The molecule has 2 rings (SSSR count). The molecule has 0 saturated heterocycles. The monoisotopic (exact) mass is 542 g/mol. The van der Waals surface area contributed by atoms with Crippen molar-refractivity contribution in [3.63, 3.8) is 0 Å². The second-order valence-corrected chi connectivity index (χ2v) is 9.81. The highest BCUT2D eigenvalue weighted by Crippen LogP contribution is 2.40. The third-order valence-corrected chi connectivity index (χ3v) is 6.75. The van der Waals surface area contributed by atoms with Crippen molar-refractivity contribution >= 4 is 11.4 Å². The van der Waals surface area contributed by atoms with Crippen LogP contribution < -0.4 is 10.6 Å².